The van der Waals surface area contributed by atoms with E-state index in [1.165, 1.54) is 11.1 Å². The standard InChI is InChI=1S/C17H21ClN4O/c1-21-5-4-20-17(21)15-10-19-3-6-22(15)11-13-9-14(18)8-12-2-7-23-16(12)13/h4-5,8-9,15,19H,2-3,6-7,10-11H2,1H3. The van der Waals surface area contributed by atoms with Crippen molar-refractivity contribution in [3.05, 3.63) is 46.5 Å². The van der Waals surface area contributed by atoms with E-state index >= 15 is 0 Å². The molecule has 23 heavy (non-hydrogen) atoms. The van der Waals surface area contributed by atoms with Gasteiger partial charge in [-0.2, -0.15) is 0 Å². The number of nitrogens with zero attached hydrogens (tertiary/aromatic N) is 3. The number of fused-ring (bicyclic) bond motifs is 1. The van der Waals surface area contributed by atoms with Crippen LogP contribution in [-0.4, -0.2) is 40.7 Å². The molecule has 1 aromatic carbocycles. The molecule has 6 heteroatoms. The predicted molar refractivity (Wildman–Crippen MR) is 89.9 cm³/mol. The van der Waals surface area contributed by atoms with Crippen molar-refractivity contribution in [1.82, 2.24) is 19.8 Å². The van der Waals surface area contributed by atoms with Crippen molar-refractivity contribution in [2.45, 2.75) is 19.0 Å². The number of aryl methyl sites for hydroxylation is 1. The van der Waals surface area contributed by atoms with Crippen LogP contribution in [0.3, 0.4) is 0 Å². The first-order valence-corrected chi connectivity index (χ1v) is 8.46. The number of halogens is 1. The fraction of sp³-hybridized carbons (Fsp3) is 0.471. The molecule has 0 radical (unpaired) electrons. The Kier molecular flexibility index (Phi) is 4.01. The minimum atomic E-state index is 0.264. The Hall–Kier alpha value is -1.56. The molecule has 5 nitrogen and oxygen atoms in total. The van der Waals surface area contributed by atoms with Gasteiger partial charge in [-0.3, -0.25) is 4.90 Å². The lowest BCUT2D eigenvalue weighted by molar-refractivity contribution is 0.143. The molecule has 1 aromatic heterocycles. The number of nitrogens with one attached hydrogen (secondary N) is 1. The molecule has 0 amide bonds. The summed E-state index contributed by atoms with van der Waals surface area (Å²) < 4.78 is 7.95. The highest BCUT2D eigenvalue weighted by atomic mass is 35.5. The van der Waals surface area contributed by atoms with Gasteiger partial charge < -0.3 is 14.6 Å². The summed E-state index contributed by atoms with van der Waals surface area (Å²) in [5.41, 5.74) is 2.42. The fourth-order valence-corrected chi connectivity index (χ4v) is 3.83. The van der Waals surface area contributed by atoms with Gasteiger partial charge in [0.1, 0.15) is 11.6 Å². The molecule has 0 aliphatic carbocycles. The molecular formula is C17H21ClN4O. The van der Waals surface area contributed by atoms with E-state index in [1.54, 1.807) is 0 Å². The van der Waals surface area contributed by atoms with Crippen molar-refractivity contribution in [2.75, 3.05) is 26.2 Å². The van der Waals surface area contributed by atoms with Gasteiger partial charge in [-0.05, 0) is 17.7 Å². The maximum atomic E-state index is 6.30. The van der Waals surface area contributed by atoms with Crippen molar-refractivity contribution in [3.8, 4) is 5.75 Å². The molecule has 0 spiro atoms. The number of benzene rings is 1. The zero-order valence-electron chi connectivity index (χ0n) is 13.3. The largest absolute Gasteiger partial charge is 0.493 e. The SMILES string of the molecule is Cn1ccnc1C1CNCCN1Cc1cc(Cl)cc2c1OCC2. The lowest BCUT2D eigenvalue weighted by atomic mass is 10.1. The van der Waals surface area contributed by atoms with E-state index in [4.69, 9.17) is 16.3 Å². The molecule has 1 saturated heterocycles. The zero-order chi connectivity index (χ0) is 15.8. The van der Waals surface area contributed by atoms with E-state index < -0.39 is 0 Å². The quantitative estimate of drug-likeness (QED) is 0.935. The Morgan fingerprint density at radius 3 is 3.17 bits per heavy atom. The first-order valence-electron chi connectivity index (χ1n) is 8.08. The summed E-state index contributed by atoms with van der Waals surface area (Å²) in [6, 6.07) is 4.34. The second-order valence-electron chi connectivity index (χ2n) is 6.24. The zero-order valence-corrected chi connectivity index (χ0v) is 14.0. The van der Waals surface area contributed by atoms with E-state index in [9.17, 15) is 0 Å². The van der Waals surface area contributed by atoms with Crippen molar-refractivity contribution in [1.29, 1.82) is 0 Å². The first kappa shape index (κ1) is 15.0. The van der Waals surface area contributed by atoms with Gasteiger partial charge in [-0.25, -0.2) is 4.98 Å². The lowest BCUT2D eigenvalue weighted by Gasteiger charge is -2.36. The summed E-state index contributed by atoms with van der Waals surface area (Å²) in [5, 5.41) is 4.28. The van der Waals surface area contributed by atoms with Crippen LogP contribution in [0.2, 0.25) is 5.02 Å². The third-order valence-corrected chi connectivity index (χ3v) is 4.93. The topological polar surface area (TPSA) is 42.3 Å². The number of ether oxygens (including phenoxy) is 1. The van der Waals surface area contributed by atoms with Crippen LogP contribution in [-0.2, 0) is 20.0 Å². The highest BCUT2D eigenvalue weighted by Crippen LogP contribution is 2.35. The number of aromatic nitrogens is 2. The Balaban J connectivity index is 1.63. The molecule has 0 bridgehead atoms. The van der Waals surface area contributed by atoms with Gasteiger partial charge in [-0.15, -0.1) is 0 Å². The van der Waals surface area contributed by atoms with Crippen LogP contribution in [0.5, 0.6) is 5.75 Å². The molecular weight excluding hydrogens is 312 g/mol. The minimum Gasteiger partial charge on any atom is -0.493 e. The third kappa shape index (κ3) is 2.84. The summed E-state index contributed by atoms with van der Waals surface area (Å²) in [5.74, 6) is 2.13. The molecule has 2 aliphatic rings. The van der Waals surface area contributed by atoms with Gasteiger partial charge in [-0.1, -0.05) is 11.6 Å². The van der Waals surface area contributed by atoms with Gasteiger partial charge in [0, 0.05) is 62.6 Å². The van der Waals surface area contributed by atoms with E-state index in [0.29, 0.717) is 0 Å². The Morgan fingerprint density at radius 1 is 1.43 bits per heavy atom. The molecule has 1 unspecified atom stereocenters. The van der Waals surface area contributed by atoms with Crippen LogP contribution < -0.4 is 10.1 Å². The minimum absolute atomic E-state index is 0.264. The average Bonchev–Trinajstić information content (AvgIpc) is 3.16. The summed E-state index contributed by atoms with van der Waals surface area (Å²) in [6.07, 6.45) is 4.82. The molecule has 3 heterocycles. The predicted octanol–water partition coefficient (Wildman–Crippen LogP) is 2.15. The first-order chi connectivity index (χ1) is 11.2. The fourth-order valence-electron chi connectivity index (χ4n) is 3.57. The summed E-state index contributed by atoms with van der Waals surface area (Å²) in [4.78, 5) is 7.01. The van der Waals surface area contributed by atoms with Crippen molar-refractivity contribution >= 4 is 11.6 Å². The van der Waals surface area contributed by atoms with Crippen LogP contribution in [0.4, 0.5) is 0 Å². The van der Waals surface area contributed by atoms with Crippen molar-refractivity contribution < 1.29 is 4.74 Å². The van der Waals surface area contributed by atoms with Crippen LogP contribution in [0.25, 0.3) is 0 Å². The van der Waals surface area contributed by atoms with Crippen molar-refractivity contribution in [3.63, 3.8) is 0 Å². The molecule has 1 N–H and O–H groups in total. The van der Waals surface area contributed by atoms with Crippen LogP contribution in [0.15, 0.2) is 24.5 Å². The molecule has 122 valence electrons. The second kappa shape index (κ2) is 6.15. The molecule has 2 aliphatic heterocycles. The van der Waals surface area contributed by atoms with Crippen LogP contribution in [0, 0.1) is 0 Å². The molecule has 4 rings (SSSR count). The summed E-state index contributed by atoms with van der Waals surface area (Å²) in [6.45, 7) is 4.48. The second-order valence-corrected chi connectivity index (χ2v) is 6.67. The Labute approximate surface area is 141 Å². The van der Waals surface area contributed by atoms with E-state index in [2.05, 4.69) is 26.8 Å². The van der Waals surface area contributed by atoms with E-state index in [-0.39, 0.29) is 6.04 Å². The highest BCUT2D eigenvalue weighted by molar-refractivity contribution is 6.30. The van der Waals surface area contributed by atoms with Gasteiger partial charge in [0.25, 0.3) is 0 Å². The number of rotatable bonds is 3. The monoisotopic (exact) mass is 332 g/mol. The Morgan fingerprint density at radius 2 is 2.35 bits per heavy atom. The van der Waals surface area contributed by atoms with Gasteiger partial charge >= 0.3 is 0 Å². The van der Waals surface area contributed by atoms with Crippen molar-refractivity contribution in [2.24, 2.45) is 7.05 Å². The van der Waals surface area contributed by atoms with E-state index in [0.717, 1.165) is 55.8 Å². The number of imidazole rings is 1. The van der Waals surface area contributed by atoms with Gasteiger partial charge in [0.15, 0.2) is 0 Å². The van der Waals surface area contributed by atoms with E-state index in [1.807, 2.05) is 24.5 Å². The summed E-state index contributed by atoms with van der Waals surface area (Å²) >= 11 is 6.30. The number of hydrogen-bond acceptors (Lipinski definition) is 4. The molecule has 1 atom stereocenters. The third-order valence-electron chi connectivity index (χ3n) is 4.71. The summed E-state index contributed by atoms with van der Waals surface area (Å²) in [7, 11) is 2.05. The number of piperazine rings is 1. The smallest absolute Gasteiger partial charge is 0.127 e. The molecule has 0 saturated carbocycles. The van der Waals surface area contributed by atoms with Crippen LogP contribution in [0.1, 0.15) is 23.0 Å². The lowest BCUT2D eigenvalue weighted by Crippen LogP contribution is -2.46. The molecule has 1 fully saturated rings. The van der Waals surface area contributed by atoms with Gasteiger partial charge in [0.05, 0.1) is 12.6 Å². The van der Waals surface area contributed by atoms with Gasteiger partial charge in [0.2, 0.25) is 0 Å². The number of hydrogen-bond donors (Lipinski definition) is 1. The van der Waals surface area contributed by atoms with Crippen LogP contribution >= 0.6 is 11.6 Å². The highest BCUT2D eigenvalue weighted by Gasteiger charge is 2.28. The average molecular weight is 333 g/mol. The maximum absolute atomic E-state index is 6.30. The Bertz CT molecular complexity index is 715. The maximum Gasteiger partial charge on any atom is 0.127 e. The molecule has 2 aromatic rings. The normalized spacial score (nSPS) is 21.2.